The van der Waals surface area contributed by atoms with Crippen molar-refractivity contribution >= 4 is 23.1 Å². The highest BCUT2D eigenvalue weighted by Crippen LogP contribution is 2.36. The highest BCUT2D eigenvalue weighted by Gasteiger charge is 2.24. The molecule has 0 atom stereocenters. The summed E-state index contributed by atoms with van der Waals surface area (Å²) in [7, 11) is 0. The van der Waals surface area contributed by atoms with Crippen LogP contribution in [0, 0.1) is 37.2 Å². The number of benzene rings is 3. The molecule has 4 heteroatoms. The molecule has 38 heavy (non-hydrogen) atoms. The van der Waals surface area contributed by atoms with Crippen molar-refractivity contribution in [3.05, 3.63) is 142 Å². The SMILES string of the molecule is [C-]#[N+]/C(C#N)=C1C=C(/C=C/c2ccc(N(c3ccc(C)cc3)c3ccc(C)cc3)cc2)OC(C(C)(C)C)=C/1. The number of aryl methyl sites for hydroxylation is 2. The Labute approximate surface area is 225 Å². The first-order valence-electron chi connectivity index (χ1n) is 12.5. The van der Waals surface area contributed by atoms with Gasteiger partial charge in [-0.15, -0.1) is 0 Å². The molecule has 0 N–H and O–H groups in total. The Kier molecular flexibility index (Phi) is 7.66. The zero-order valence-electron chi connectivity index (χ0n) is 22.5. The lowest BCUT2D eigenvalue weighted by Gasteiger charge is -2.26. The first-order chi connectivity index (χ1) is 18.2. The molecule has 0 unspecified atom stereocenters. The monoisotopic (exact) mass is 497 g/mol. The lowest BCUT2D eigenvalue weighted by atomic mass is 9.91. The van der Waals surface area contributed by atoms with E-state index in [1.54, 1.807) is 12.2 Å². The van der Waals surface area contributed by atoms with E-state index in [0.717, 1.165) is 22.6 Å². The zero-order chi connectivity index (χ0) is 27.3. The molecule has 0 bridgehead atoms. The Morgan fingerprint density at radius 2 is 1.32 bits per heavy atom. The van der Waals surface area contributed by atoms with E-state index in [-0.39, 0.29) is 11.1 Å². The van der Waals surface area contributed by atoms with Gasteiger partial charge in [0.1, 0.15) is 11.5 Å². The van der Waals surface area contributed by atoms with Crippen molar-refractivity contribution < 1.29 is 4.74 Å². The number of ether oxygens (including phenoxy) is 1. The molecule has 0 saturated heterocycles. The van der Waals surface area contributed by atoms with Crippen LogP contribution in [0.3, 0.4) is 0 Å². The van der Waals surface area contributed by atoms with Gasteiger partial charge < -0.3 is 9.64 Å². The van der Waals surface area contributed by atoms with E-state index in [1.807, 2.05) is 39.0 Å². The van der Waals surface area contributed by atoms with Crippen LogP contribution in [0.15, 0.2) is 114 Å². The van der Waals surface area contributed by atoms with Crippen LogP contribution in [0.4, 0.5) is 17.1 Å². The second kappa shape index (κ2) is 11.1. The van der Waals surface area contributed by atoms with E-state index in [1.165, 1.54) is 11.1 Å². The minimum atomic E-state index is -0.266. The second-order valence-corrected chi connectivity index (χ2v) is 10.4. The number of nitriles is 1. The summed E-state index contributed by atoms with van der Waals surface area (Å²) in [5, 5.41) is 9.38. The van der Waals surface area contributed by atoms with Gasteiger partial charge in [-0.1, -0.05) is 74.4 Å². The molecule has 1 heterocycles. The molecule has 0 fully saturated rings. The smallest absolute Gasteiger partial charge is 0.269 e. The Morgan fingerprint density at radius 3 is 1.76 bits per heavy atom. The molecular weight excluding hydrogens is 466 g/mol. The fourth-order valence-electron chi connectivity index (χ4n) is 4.01. The molecule has 3 aromatic rings. The average molecular weight is 498 g/mol. The van der Waals surface area contributed by atoms with E-state index in [4.69, 9.17) is 11.3 Å². The van der Waals surface area contributed by atoms with E-state index in [9.17, 15) is 5.26 Å². The molecule has 0 radical (unpaired) electrons. The maximum Gasteiger partial charge on any atom is 0.269 e. The van der Waals surface area contributed by atoms with Crippen molar-refractivity contribution in [2.24, 2.45) is 5.41 Å². The quantitative estimate of drug-likeness (QED) is 0.260. The standard InChI is InChI=1S/C34H31N3O/c1-24-7-14-28(15-8-24)37(29-16-9-25(2)10-17-29)30-18-11-26(12-19-30)13-20-31-21-27(32(23-35)36-6)22-33(38-31)34(3,4)5/h7-22H,1-5H3/b20-13+,32-27-. The predicted molar refractivity (Wildman–Crippen MR) is 156 cm³/mol. The lowest BCUT2D eigenvalue weighted by Crippen LogP contribution is -2.14. The van der Waals surface area contributed by atoms with Gasteiger partial charge in [0.05, 0.1) is 12.6 Å². The van der Waals surface area contributed by atoms with Crippen LogP contribution in [0.2, 0.25) is 0 Å². The molecule has 188 valence electrons. The second-order valence-electron chi connectivity index (χ2n) is 10.4. The Balaban J connectivity index is 1.64. The fraction of sp³-hybridized carbons (Fsp3) is 0.176. The van der Waals surface area contributed by atoms with E-state index >= 15 is 0 Å². The number of allylic oxidation sites excluding steroid dienone is 6. The predicted octanol–water partition coefficient (Wildman–Crippen LogP) is 9.33. The van der Waals surface area contributed by atoms with Crippen LogP contribution in [0.25, 0.3) is 10.9 Å². The van der Waals surface area contributed by atoms with Gasteiger partial charge in [-0.25, -0.2) is 10.1 Å². The Hall–Kier alpha value is -4.80. The molecule has 0 amide bonds. The summed E-state index contributed by atoms with van der Waals surface area (Å²) in [6.07, 6.45) is 7.38. The van der Waals surface area contributed by atoms with Gasteiger partial charge in [0.2, 0.25) is 0 Å². The minimum Gasteiger partial charge on any atom is -0.461 e. The topological polar surface area (TPSA) is 40.6 Å². The molecule has 0 aliphatic carbocycles. The normalized spacial score (nSPS) is 14.6. The van der Waals surface area contributed by atoms with Crippen LogP contribution >= 0.6 is 0 Å². The van der Waals surface area contributed by atoms with Crippen LogP contribution < -0.4 is 4.90 Å². The summed E-state index contributed by atoms with van der Waals surface area (Å²) < 4.78 is 6.12. The molecule has 3 aromatic carbocycles. The van der Waals surface area contributed by atoms with Crippen molar-refractivity contribution in [2.75, 3.05) is 4.90 Å². The van der Waals surface area contributed by atoms with E-state index in [2.05, 4.69) is 96.4 Å². The third kappa shape index (κ3) is 6.12. The summed E-state index contributed by atoms with van der Waals surface area (Å²) >= 11 is 0. The largest absolute Gasteiger partial charge is 0.461 e. The number of rotatable bonds is 5. The first-order valence-corrected chi connectivity index (χ1v) is 12.5. The van der Waals surface area contributed by atoms with Gasteiger partial charge in [0.25, 0.3) is 5.70 Å². The van der Waals surface area contributed by atoms with Crippen molar-refractivity contribution in [1.29, 1.82) is 5.26 Å². The van der Waals surface area contributed by atoms with Crippen LogP contribution in [-0.2, 0) is 4.74 Å². The molecule has 1 aliphatic heterocycles. The maximum absolute atomic E-state index is 9.38. The van der Waals surface area contributed by atoms with Crippen molar-refractivity contribution in [1.82, 2.24) is 0 Å². The van der Waals surface area contributed by atoms with Gasteiger partial charge in [-0.2, -0.15) is 0 Å². The maximum atomic E-state index is 9.38. The third-order valence-electron chi connectivity index (χ3n) is 6.22. The summed E-state index contributed by atoms with van der Waals surface area (Å²) in [4.78, 5) is 5.62. The summed E-state index contributed by atoms with van der Waals surface area (Å²) in [5.74, 6) is 1.31. The van der Waals surface area contributed by atoms with Gasteiger partial charge in [0.15, 0.2) is 0 Å². The average Bonchev–Trinajstić information content (AvgIpc) is 2.91. The van der Waals surface area contributed by atoms with E-state index < -0.39 is 0 Å². The van der Waals surface area contributed by atoms with Crippen LogP contribution in [0.5, 0.6) is 0 Å². The molecular formula is C34H31N3O. The van der Waals surface area contributed by atoms with Gasteiger partial charge in [-0.3, -0.25) is 0 Å². The summed E-state index contributed by atoms with van der Waals surface area (Å²) in [6, 6.07) is 27.4. The molecule has 4 nitrogen and oxygen atoms in total. The first kappa shape index (κ1) is 26.3. The van der Waals surface area contributed by atoms with Gasteiger partial charge >= 0.3 is 0 Å². The molecule has 4 rings (SSSR count). The van der Waals surface area contributed by atoms with Crippen molar-refractivity contribution in [2.45, 2.75) is 34.6 Å². The van der Waals surface area contributed by atoms with Crippen LogP contribution in [-0.4, -0.2) is 0 Å². The number of anilines is 3. The highest BCUT2D eigenvalue weighted by molar-refractivity contribution is 5.77. The van der Waals surface area contributed by atoms with Crippen LogP contribution in [0.1, 0.15) is 37.5 Å². The lowest BCUT2D eigenvalue weighted by molar-refractivity contribution is 0.223. The zero-order valence-corrected chi connectivity index (χ0v) is 22.5. The highest BCUT2D eigenvalue weighted by atomic mass is 16.5. The fourth-order valence-corrected chi connectivity index (χ4v) is 4.01. The minimum absolute atomic E-state index is 0.0533. The van der Waals surface area contributed by atoms with Crippen molar-refractivity contribution in [3.8, 4) is 6.07 Å². The van der Waals surface area contributed by atoms with Gasteiger partial charge in [-0.05, 0) is 79.6 Å². The van der Waals surface area contributed by atoms with E-state index in [0.29, 0.717) is 17.1 Å². The van der Waals surface area contributed by atoms with Gasteiger partial charge in [0, 0.05) is 22.5 Å². The third-order valence-corrected chi connectivity index (χ3v) is 6.22. The molecule has 1 aliphatic rings. The summed E-state index contributed by atoms with van der Waals surface area (Å²) in [6.45, 7) is 17.7. The number of nitrogens with zero attached hydrogens (tertiary/aromatic N) is 3. The molecule has 0 aromatic heterocycles. The summed E-state index contributed by atoms with van der Waals surface area (Å²) in [5.41, 5.74) is 7.05. The molecule has 0 spiro atoms. The Bertz CT molecular complexity index is 1450. The molecule has 0 saturated carbocycles. The number of hydrogen-bond acceptors (Lipinski definition) is 3. The Morgan fingerprint density at radius 1 is 0.816 bits per heavy atom. The van der Waals surface area contributed by atoms with Crippen molar-refractivity contribution in [3.63, 3.8) is 0 Å². The number of hydrogen-bond donors (Lipinski definition) is 0.